The van der Waals surface area contributed by atoms with E-state index in [0.29, 0.717) is 35.7 Å². The Bertz CT molecular complexity index is 2170. The van der Waals surface area contributed by atoms with E-state index >= 15 is 0 Å². The largest absolute Gasteiger partial charge is 0.474 e. The van der Waals surface area contributed by atoms with Gasteiger partial charge in [-0.25, -0.2) is 9.19 Å². The maximum Gasteiger partial charge on any atom is 0.474 e. The van der Waals surface area contributed by atoms with Crippen molar-refractivity contribution in [2.24, 2.45) is 4.36 Å². The van der Waals surface area contributed by atoms with Crippen molar-refractivity contribution in [2.75, 3.05) is 5.32 Å². The van der Waals surface area contributed by atoms with Crippen molar-refractivity contribution >= 4 is 37.4 Å². The zero-order valence-corrected chi connectivity index (χ0v) is 28.8. The maximum absolute atomic E-state index is 13.9. The second-order valence-electron chi connectivity index (χ2n) is 11.8. The lowest BCUT2D eigenvalue weighted by Gasteiger charge is -2.23. The standard InChI is InChI=1S/C33H30F6N4O7S2/c1-19(49-18-21-4-3-5-23(16-21)22-6-10-27(11-7-22)52(46,47)48)20(2)50-29-28(32(34,35)36)17-40-31(42-29)41-24-8-12-25(13-9-24)51(45,26-14-15-26)43-30(44)33(37,38)39/h3-13,16-17,19-20,26H,14-15,18H2,1-2H3,(H,40,41,42)(H,46,47,48)/t19-,20-,51+/m1/s1. The van der Waals surface area contributed by atoms with E-state index in [4.69, 9.17) is 9.47 Å². The number of hydrogen-bond acceptors (Lipinski definition) is 9. The highest BCUT2D eigenvalue weighted by molar-refractivity contribution is 7.94. The van der Waals surface area contributed by atoms with Gasteiger partial charge >= 0.3 is 18.3 Å². The molecule has 3 atom stereocenters. The SMILES string of the molecule is C[C@@H](OCc1cccc(-c2ccc(S(=O)(=O)O)cc2)c1)[C@@H](C)Oc1nc(Nc2ccc([S@@](=O)(=NC(=O)C(F)(F)F)C3CC3)cc2)ncc1C(F)(F)F. The Kier molecular flexibility index (Phi) is 11.0. The van der Waals surface area contributed by atoms with Gasteiger partial charge in [0.15, 0.2) is 0 Å². The number of nitrogens with zero attached hydrogens (tertiary/aromatic N) is 3. The second kappa shape index (κ2) is 14.8. The van der Waals surface area contributed by atoms with Crippen LogP contribution in [0.2, 0.25) is 0 Å². The smallest absolute Gasteiger partial charge is 0.471 e. The van der Waals surface area contributed by atoms with Crippen molar-refractivity contribution in [1.29, 1.82) is 0 Å². The molecule has 0 spiro atoms. The van der Waals surface area contributed by atoms with Crippen LogP contribution in [0.15, 0.2) is 93.1 Å². The van der Waals surface area contributed by atoms with Crippen LogP contribution in [0, 0.1) is 0 Å². The third kappa shape index (κ3) is 9.44. The van der Waals surface area contributed by atoms with Crippen molar-refractivity contribution in [1.82, 2.24) is 9.97 Å². The first-order valence-electron chi connectivity index (χ1n) is 15.4. The molecule has 4 aromatic rings. The average Bonchev–Trinajstić information content (AvgIpc) is 3.93. The summed E-state index contributed by atoms with van der Waals surface area (Å²) in [7, 11) is -8.08. The number of halogens is 6. The van der Waals surface area contributed by atoms with Gasteiger partial charge in [-0.2, -0.15) is 39.7 Å². The molecule has 1 amide bonds. The van der Waals surface area contributed by atoms with Gasteiger partial charge in [0.2, 0.25) is 11.8 Å². The van der Waals surface area contributed by atoms with E-state index < -0.39 is 67.0 Å². The molecule has 0 saturated heterocycles. The molecule has 1 saturated carbocycles. The second-order valence-corrected chi connectivity index (χ2v) is 15.6. The predicted octanol–water partition coefficient (Wildman–Crippen LogP) is 7.60. The summed E-state index contributed by atoms with van der Waals surface area (Å²) in [5.41, 5.74) is 0.984. The Hall–Kier alpha value is -4.59. The summed E-state index contributed by atoms with van der Waals surface area (Å²) in [6.45, 7) is 3.11. The predicted molar refractivity (Wildman–Crippen MR) is 176 cm³/mol. The third-order valence-corrected chi connectivity index (χ3v) is 11.5. The minimum Gasteiger partial charge on any atom is -0.471 e. The fraction of sp³-hybridized carbons (Fsp3) is 0.303. The van der Waals surface area contributed by atoms with Crippen LogP contribution in [0.1, 0.15) is 37.8 Å². The Morgan fingerprint density at radius 1 is 0.923 bits per heavy atom. The summed E-state index contributed by atoms with van der Waals surface area (Å²) >= 11 is 0. The number of carbonyl (C=O) groups is 1. The number of benzene rings is 3. The lowest BCUT2D eigenvalue weighted by Crippen LogP contribution is -2.30. The first-order chi connectivity index (χ1) is 24.2. The first-order valence-corrected chi connectivity index (χ1v) is 18.4. The Morgan fingerprint density at radius 2 is 1.56 bits per heavy atom. The number of amides is 1. The van der Waals surface area contributed by atoms with Crippen molar-refractivity contribution in [3.8, 4) is 17.0 Å². The van der Waals surface area contributed by atoms with E-state index in [1.54, 1.807) is 31.2 Å². The van der Waals surface area contributed by atoms with Crippen molar-refractivity contribution < 1.29 is 57.8 Å². The molecule has 1 fully saturated rings. The number of anilines is 2. The summed E-state index contributed by atoms with van der Waals surface area (Å²) in [4.78, 5) is 18.8. The van der Waals surface area contributed by atoms with E-state index in [9.17, 15) is 48.3 Å². The van der Waals surface area contributed by atoms with E-state index in [-0.39, 0.29) is 28.0 Å². The van der Waals surface area contributed by atoms with E-state index in [2.05, 4.69) is 19.6 Å². The molecule has 0 radical (unpaired) electrons. The highest BCUT2D eigenvalue weighted by atomic mass is 32.2. The van der Waals surface area contributed by atoms with Crippen LogP contribution < -0.4 is 10.1 Å². The summed E-state index contributed by atoms with van der Waals surface area (Å²) in [5.74, 6) is -3.58. The van der Waals surface area contributed by atoms with Crippen molar-refractivity contribution in [3.05, 3.63) is 90.1 Å². The molecule has 1 aliphatic carbocycles. The molecule has 1 aliphatic rings. The lowest BCUT2D eigenvalue weighted by atomic mass is 10.0. The van der Waals surface area contributed by atoms with Crippen molar-refractivity contribution in [2.45, 2.75) is 72.9 Å². The number of rotatable bonds is 12. The molecule has 278 valence electrons. The normalized spacial score (nSPS) is 16.0. The van der Waals surface area contributed by atoms with Gasteiger partial charge < -0.3 is 14.8 Å². The van der Waals surface area contributed by atoms with Gasteiger partial charge in [0.1, 0.15) is 11.7 Å². The maximum atomic E-state index is 13.9. The van der Waals surface area contributed by atoms with Crippen LogP contribution in [0.25, 0.3) is 11.1 Å². The van der Waals surface area contributed by atoms with E-state index in [0.717, 1.165) is 0 Å². The summed E-state index contributed by atoms with van der Waals surface area (Å²) in [5, 5.41) is 1.95. The molecule has 1 heterocycles. The number of aromatic nitrogens is 2. The van der Waals surface area contributed by atoms with Crippen LogP contribution in [0.5, 0.6) is 5.88 Å². The van der Waals surface area contributed by atoms with Gasteiger partial charge in [0.05, 0.1) is 27.3 Å². The van der Waals surface area contributed by atoms with Crippen LogP contribution in [0.4, 0.5) is 38.0 Å². The van der Waals surface area contributed by atoms with Crippen LogP contribution in [0.3, 0.4) is 0 Å². The van der Waals surface area contributed by atoms with Crippen LogP contribution >= 0.6 is 0 Å². The molecule has 52 heavy (non-hydrogen) atoms. The zero-order valence-electron chi connectivity index (χ0n) is 27.2. The van der Waals surface area contributed by atoms with E-state index in [1.165, 1.54) is 55.5 Å². The Morgan fingerprint density at radius 3 is 2.13 bits per heavy atom. The zero-order chi connectivity index (χ0) is 38.1. The highest BCUT2D eigenvalue weighted by Crippen LogP contribution is 2.38. The number of carbonyl (C=O) groups excluding carboxylic acids is 1. The molecule has 19 heteroatoms. The average molecular weight is 773 g/mol. The summed E-state index contributed by atoms with van der Waals surface area (Å²) in [6, 6.07) is 17.6. The molecule has 2 N–H and O–H groups in total. The van der Waals surface area contributed by atoms with Crippen LogP contribution in [-0.2, 0) is 42.2 Å². The van der Waals surface area contributed by atoms with Crippen LogP contribution in [-0.4, -0.2) is 56.7 Å². The van der Waals surface area contributed by atoms with Gasteiger partial charge in [-0.05, 0) is 85.8 Å². The van der Waals surface area contributed by atoms with Gasteiger partial charge in [-0.1, -0.05) is 30.3 Å². The monoisotopic (exact) mass is 772 g/mol. The molecule has 3 aromatic carbocycles. The molecule has 0 bridgehead atoms. The molecule has 0 aliphatic heterocycles. The minimum atomic E-state index is -5.29. The first kappa shape index (κ1) is 38.6. The van der Waals surface area contributed by atoms with Gasteiger partial charge in [-0.3, -0.25) is 9.35 Å². The molecule has 5 rings (SSSR count). The van der Waals surface area contributed by atoms with Gasteiger partial charge in [0, 0.05) is 22.0 Å². The summed E-state index contributed by atoms with van der Waals surface area (Å²) < 4.78 is 140. The molecular formula is C33H30F6N4O7S2. The molecule has 1 aromatic heterocycles. The van der Waals surface area contributed by atoms with Gasteiger partial charge in [-0.15, -0.1) is 4.36 Å². The minimum absolute atomic E-state index is 0.0370. The quantitative estimate of drug-likeness (QED) is 0.109. The topological polar surface area (TPSA) is 157 Å². The number of alkyl halides is 6. The number of ether oxygens (including phenoxy) is 2. The highest BCUT2D eigenvalue weighted by Gasteiger charge is 2.43. The number of nitrogens with one attached hydrogen (secondary N) is 1. The lowest BCUT2D eigenvalue weighted by molar-refractivity contribution is -0.169. The third-order valence-electron chi connectivity index (χ3n) is 7.83. The number of hydrogen-bond donors (Lipinski definition) is 2. The van der Waals surface area contributed by atoms with Crippen molar-refractivity contribution in [3.63, 3.8) is 0 Å². The van der Waals surface area contributed by atoms with Gasteiger partial charge in [0.25, 0.3) is 10.1 Å². The molecule has 11 nitrogen and oxygen atoms in total. The summed E-state index contributed by atoms with van der Waals surface area (Å²) in [6.07, 6.45) is -10.7. The molecule has 0 unspecified atom stereocenters. The fourth-order valence-electron chi connectivity index (χ4n) is 4.75. The Labute approximate surface area is 294 Å². The van der Waals surface area contributed by atoms with E-state index in [1.807, 2.05) is 0 Å². The molecular weight excluding hydrogens is 743 g/mol. The fourth-order valence-corrected chi connectivity index (χ4v) is 7.52. The Balaban J connectivity index is 1.27.